The molecule has 0 fully saturated rings. The number of fused-ring (bicyclic) bond motifs is 1. The number of nitrogens with one attached hydrogen (secondary N) is 3. The molecule has 2 heterocycles. The van der Waals surface area contributed by atoms with Crippen LogP contribution in [0.15, 0.2) is 41.7 Å². The highest BCUT2D eigenvalue weighted by Gasteiger charge is 2.19. The van der Waals surface area contributed by atoms with Crippen LogP contribution in [0.5, 0.6) is 11.5 Å². The normalized spacial score (nSPS) is 12.9. The highest BCUT2D eigenvalue weighted by atomic mass is 32.2. The molecule has 3 rings (SSSR count). The maximum Gasteiger partial charge on any atom is 0.289 e. The van der Waals surface area contributed by atoms with Crippen LogP contribution in [0, 0.1) is 0 Å². The van der Waals surface area contributed by atoms with E-state index in [2.05, 4.69) is 25.5 Å². The van der Waals surface area contributed by atoms with Crippen molar-refractivity contribution in [3.8, 4) is 11.5 Å². The van der Waals surface area contributed by atoms with Crippen molar-refractivity contribution in [2.24, 2.45) is 0 Å². The monoisotopic (exact) mass is 407 g/mol. The smallest absolute Gasteiger partial charge is 0.289 e. The lowest BCUT2D eigenvalue weighted by Gasteiger charge is -2.18. The van der Waals surface area contributed by atoms with Crippen LogP contribution in [0.1, 0.15) is 16.9 Å². The number of nitrogens with zero attached hydrogens (tertiary/aromatic N) is 2. The lowest BCUT2D eigenvalue weighted by Crippen LogP contribution is -2.43. The average molecular weight is 407 g/mol. The van der Waals surface area contributed by atoms with E-state index in [-0.39, 0.29) is 23.6 Å². The van der Waals surface area contributed by atoms with Crippen molar-refractivity contribution in [3.63, 3.8) is 0 Å². The summed E-state index contributed by atoms with van der Waals surface area (Å²) in [5, 5.41) is 0. The van der Waals surface area contributed by atoms with E-state index >= 15 is 0 Å². The van der Waals surface area contributed by atoms with Gasteiger partial charge in [-0.1, -0.05) is 0 Å². The SMILES string of the molecule is O=C(CCNS(=O)(=O)c1ccc2c(c1)OCCO2)NNC(=O)c1cnccn1. The van der Waals surface area contributed by atoms with Crippen LogP contribution in [0.4, 0.5) is 0 Å². The number of rotatable bonds is 6. The molecule has 0 saturated heterocycles. The molecule has 0 radical (unpaired) electrons. The van der Waals surface area contributed by atoms with Crippen LogP contribution < -0.4 is 25.0 Å². The van der Waals surface area contributed by atoms with Gasteiger partial charge in [0.2, 0.25) is 15.9 Å². The van der Waals surface area contributed by atoms with Gasteiger partial charge in [0.1, 0.15) is 18.9 Å². The van der Waals surface area contributed by atoms with Gasteiger partial charge >= 0.3 is 0 Å². The summed E-state index contributed by atoms with van der Waals surface area (Å²) in [4.78, 5) is 31.0. The molecule has 1 aromatic carbocycles. The number of carbonyl (C=O) groups is 2. The Kier molecular flexibility index (Phi) is 6.01. The molecule has 0 aliphatic carbocycles. The number of sulfonamides is 1. The highest BCUT2D eigenvalue weighted by Crippen LogP contribution is 2.32. The number of hydrazine groups is 1. The lowest BCUT2D eigenvalue weighted by molar-refractivity contribution is -0.121. The molecule has 0 atom stereocenters. The molecule has 1 aromatic heterocycles. The van der Waals surface area contributed by atoms with Gasteiger partial charge in [0.15, 0.2) is 11.5 Å². The first kappa shape index (κ1) is 19.5. The maximum absolute atomic E-state index is 12.3. The van der Waals surface area contributed by atoms with Gasteiger partial charge < -0.3 is 9.47 Å². The summed E-state index contributed by atoms with van der Waals surface area (Å²) in [5.74, 6) is -0.401. The van der Waals surface area contributed by atoms with Gasteiger partial charge in [-0.05, 0) is 12.1 Å². The molecular weight excluding hydrogens is 390 g/mol. The van der Waals surface area contributed by atoms with Crippen molar-refractivity contribution in [2.45, 2.75) is 11.3 Å². The second-order valence-electron chi connectivity index (χ2n) is 5.55. The summed E-state index contributed by atoms with van der Waals surface area (Å²) >= 11 is 0. The summed E-state index contributed by atoms with van der Waals surface area (Å²) in [7, 11) is -3.83. The number of carbonyl (C=O) groups excluding carboxylic acids is 2. The van der Waals surface area contributed by atoms with E-state index in [1.165, 1.54) is 36.8 Å². The summed E-state index contributed by atoms with van der Waals surface area (Å²) in [5.41, 5.74) is 4.36. The maximum atomic E-state index is 12.3. The molecule has 0 spiro atoms. The van der Waals surface area contributed by atoms with Crippen molar-refractivity contribution >= 4 is 21.8 Å². The fourth-order valence-corrected chi connectivity index (χ4v) is 3.29. The number of benzene rings is 1. The van der Waals surface area contributed by atoms with Crippen LogP contribution in [-0.4, -0.2) is 50.0 Å². The Balaban J connectivity index is 1.47. The van der Waals surface area contributed by atoms with Crippen LogP contribution in [0.25, 0.3) is 0 Å². The Bertz CT molecular complexity index is 967. The van der Waals surface area contributed by atoms with Gasteiger partial charge in [0.25, 0.3) is 5.91 Å². The average Bonchev–Trinajstić information content (AvgIpc) is 2.72. The second kappa shape index (κ2) is 8.63. The van der Waals surface area contributed by atoms with Crippen LogP contribution >= 0.6 is 0 Å². The van der Waals surface area contributed by atoms with E-state index in [1.54, 1.807) is 0 Å². The highest BCUT2D eigenvalue weighted by molar-refractivity contribution is 7.89. The van der Waals surface area contributed by atoms with Crippen LogP contribution in [0.2, 0.25) is 0 Å². The standard InChI is InChI=1S/C16H17N5O6S/c22-15(20-21-16(23)12-10-17-5-6-18-12)3-4-19-28(24,25)11-1-2-13-14(9-11)27-8-7-26-13/h1-2,5-6,9-10,19H,3-4,7-8H2,(H,20,22)(H,21,23). The quantitative estimate of drug-likeness (QED) is 0.536. The second-order valence-corrected chi connectivity index (χ2v) is 7.31. The number of amides is 2. The summed E-state index contributed by atoms with van der Waals surface area (Å²) in [6, 6.07) is 4.26. The molecule has 0 bridgehead atoms. The number of hydrogen-bond donors (Lipinski definition) is 3. The van der Waals surface area contributed by atoms with Crippen molar-refractivity contribution in [3.05, 3.63) is 42.5 Å². The van der Waals surface area contributed by atoms with E-state index in [4.69, 9.17) is 9.47 Å². The van der Waals surface area contributed by atoms with Gasteiger partial charge in [-0.3, -0.25) is 25.4 Å². The van der Waals surface area contributed by atoms with Crippen molar-refractivity contribution in [2.75, 3.05) is 19.8 Å². The minimum Gasteiger partial charge on any atom is -0.486 e. The molecule has 1 aliphatic rings. The largest absolute Gasteiger partial charge is 0.486 e. The zero-order valence-corrected chi connectivity index (χ0v) is 15.4. The topological polar surface area (TPSA) is 149 Å². The van der Waals surface area contributed by atoms with Gasteiger partial charge in [-0.2, -0.15) is 0 Å². The van der Waals surface area contributed by atoms with E-state index < -0.39 is 21.8 Å². The Morgan fingerprint density at radius 3 is 2.61 bits per heavy atom. The van der Waals surface area contributed by atoms with Crippen molar-refractivity contribution in [1.29, 1.82) is 0 Å². The third kappa shape index (κ3) is 4.92. The van der Waals surface area contributed by atoms with Crippen LogP contribution in [-0.2, 0) is 14.8 Å². The molecule has 1 aliphatic heterocycles. The third-order valence-electron chi connectivity index (χ3n) is 3.58. The molecule has 28 heavy (non-hydrogen) atoms. The third-order valence-corrected chi connectivity index (χ3v) is 5.04. The molecular formula is C16H17N5O6S. The van der Waals surface area contributed by atoms with E-state index in [0.717, 1.165) is 0 Å². The predicted molar refractivity (Wildman–Crippen MR) is 94.9 cm³/mol. The van der Waals surface area contributed by atoms with E-state index in [0.29, 0.717) is 24.7 Å². The molecule has 12 heteroatoms. The van der Waals surface area contributed by atoms with Gasteiger partial charge in [-0.25, -0.2) is 18.1 Å². The molecule has 0 unspecified atom stereocenters. The summed E-state index contributed by atoms with van der Waals surface area (Å²) in [6.07, 6.45) is 3.79. The summed E-state index contributed by atoms with van der Waals surface area (Å²) in [6.45, 7) is 0.577. The molecule has 2 amide bonds. The number of ether oxygens (including phenoxy) is 2. The predicted octanol–water partition coefficient (Wildman–Crippen LogP) is -0.623. The molecule has 148 valence electrons. The zero-order chi connectivity index (χ0) is 20.0. The Morgan fingerprint density at radius 1 is 1.07 bits per heavy atom. The Hall–Kier alpha value is -3.25. The molecule has 2 aromatic rings. The van der Waals surface area contributed by atoms with Gasteiger partial charge in [0, 0.05) is 31.4 Å². The molecule has 11 nitrogen and oxygen atoms in total. The van der Waals surface area contributed by atoms with Gasteiger partial charge in [0.05, 0.1) is 11.1 Å². The first-order valence-electron chi connectivity index (χ1n) is 8.20. The minimum absolute atomic E-state index is 0.00638. The summed E-state index contributed by atoms with van der Waals surface area (Å²) < 4.78 is 37.7. The van der Waals surface area contributed by atoms with Gasteiger partial charge in [-0.15, -0.1) is 0 Å². The number of aromatic nitrogens is 2. The van der Waals surface area contributed by atoms with Crippen molar-refractivity contribution < 1.29 is 27.5 Å². The molecule has 3 N–H and O–H groups in total. The first-order chi connectivity index (χ1) is 13.5. The Morgan fingerprint density at radius 2 is 1.86 bits per heavy atom. The van der Waals surface area contributed by atoms with E-state index in [9.17, 15) is 18.0 Å². The van der Waals surface area contributed by atoms with Crippen molar-refractivity contribution in [1.82, 2.24) is 25.5 Å². The lowest BCUT2D eigenvalue weighted by atomic mass is 10.3. The fourth-order valence-electron chi connectivity index (χ4n) is 2.24. The first-order valence-corrected chi connectivity index (χ1v) is 9.68. The minimum atomic E-state index is -3.83. The van der Waals surface area contributed by atoms with E-state index in [1.807, 2.05) is 0 Å². The van der Waals surface area contributed by atoms with Crippen LogP contribution in [0.3, 0.4) is 0 Å². The zero-order valence-electron chi connectivity index (χ0n) is 14.5. The Labute approximate surface area is 160 Å². The fraction of sp³-hybridized carbons (Fsp3) is 0.250. The number of hydrogen-bond acceptors (Lipinski definition) is 8. The molecule has 0 saturated carbocycles.